The first-order valence-corrected chi connectivity index (χ1v) is 8.22. The average molecular weight is 340 g/mol. The summed E-state index contributed by atoms with van der Waals surface area (Å²) < 4.78 is 6.59. The van der Waals surface area contributed by atoms with Crippen LogP contribution >= 0.6 is 15.9 Å². The van der Waals surface area contributed by atoms with Crippen LogP contribution < -0.4 is 15.5 Å². The number of piperidine rings is 1. The molecule has 0 aliphatic carbocycles. The Hall–Kier alpha value is -0.780. The van der Waals surface area contributed by atoms with Crippen molar-refractivity contribution in [2.45, 2.75) is 18.9 Å². The molecular weight excluding hydrogens is 318 g/mol. The first-order chi connectivity index (χ1) is 9.83. The summed E-state index contributed by atoms with van der Waals surface area (Å²) in [4.78, 5) is 2.41. The van der Waals surface area contributed by atoms with Crippen LogP contribution in [-0.2, 0) is 4.74 Å². The molecule has 20 heavy (non-hydrogen) atoms. The van der Waals surface area contributed by atoms with E-state index in [4.69, 9.17) is 4.74 Å². The normalized spacial score (nSPS) is 23.6. The lowest BCUT2D eigenvalue weighted by Gasteiger charge is -2.33. The highest BCUT2D eigenvalue weighted by Gasteiger charge is 2.18. The number of nitrogens with one attached hydrogen (secondary N) is 2. The van der Waals surface area contributed by atoms with Gasteiger partial charge in [-0.1, -0.05) is 15.9 Å². The summed E-state index contributed by atoms with van der Waals surface area (Å²) in [5.74, 6) is 0. The van der Waals surface area contributed by atoms with Gasteiger partial charge in [-0.2, -0.15) is 0 Å². The molecule has 0 bridgehead atoms. The van der Waals surface area contributed by atoms with Crippen molar-refractivity contribution in [3.05, 3.63) is 22.7 Å². The molecule has 0 saturated carbocycles. The zero-order chi connectivity index (χ0) is 13.8. The fourth-order valence-electron chi connectivity index (χ4n) is 2.89. The van der Waals surface area contributed by atoms with Crippen molar-refractivity contribution in [1.29, 1.82) is 0 Å². The number of nitrogens with zero attached hydrogens (tertiary/aromatic N) is 1. The summed E-state index contributed by atoms with van der Waals surface area (Å²) >= 11 is 3.59. The molecule has 0 radical (unpaired) electrons. The second kappa shape index (κ2) is 6.78. The Bertz CT molecular complexity index is 443. The lowest BCUT2D eigenvalue weighted by Crippen LogP contribution is -2.40. The van der Waals surface area contributed by atoms with Crippen LogP contribution in [0.25, 0.3) is 0 Å². The van der Waals surface area contributed by atoms with Crippen LogP contribution in [0.5, 0.6) is 0 Å². The van der Waals surface area contributed by atoms with E-state index in [9.17, 15) is 0 Å². The molecule has 2 aliphatic rings. The molecule has 2 saturated heterocycles. The van der Waals surface area contributed by atoms with Crippen molar-refractivity contribution < 1.29 is 4.74 Å². The zero-order valence-corrected chi connectivity index (χ0v) is 13.3. The molecule has 1 aromatic carbocycles. The van der Waals surface area contributed by atoms with Crippen LogP contribution in [0.4, 0.5) is 11.4 Å². The fourth-order valence-corrected chi connectivity index (χ4v) is 3.24. The maximum atomic E-state index is 5.46. The second-order valence-electron chi connectivity index (χ2n) is 5.45. The monoisotopic (exact) mass is 339 g/mol. The van der Waals surface area contributed by atoms with E-state index >= 15 is 0 Å². The van der Waals surface area contributed by atoms with E-state index in [2.05, 4.69) is 49.7 Å². The molecule has 1 aromatic rings. The third kappa shape index (κ3) is 3.45. The van der Waals surface area contributed by atoms with Crippen molar-refractivity contribution in [2.75, 3.05) is 49.6 Å². The van der Waals surface area contributed by atoms with Crippen LogP contribution in [0.2, 0.25) is 0 Å². The number of benzene rings is 1. The van der Waals surface area contributed by atoms with E-state index in [1.165, 1.54) is 24.2 Å². The molecule has 2 aliphatic heterocycles. The predicted molar refractivity (Wildman–Crippen MR) is 86.7 cm³/mol. The van der Waals surface area contributed by atoms with Gasteiger partial charge in [0, 0.05) is 30.1 Å². The van der Waals surface area contributed by atoms with E-state index < -0.39 is 0 Å². The molecule has 0 amide bonds. The zero-order valence-electron chi connectivity index (χ0n) is 11.7. The van der Waals surface area contributed by atoms with E-state index in [0.717, 1.165) is 43.9 Å². The van der Waals surface area contributed by atoms with Gasteiger partial charge in [0.1, 0.15) is 0 Å². The van der Waals surface area contributed by atoms with E-state index in [1.54, 1.807) is 0 Å². The third-order valence-corrected chi connectivity index (χ3v) is 4.46. The van der Waals surface area contributed by atoms with E-state index in [0.29, 0.717) is 6.04 Å². The van der Waals surface area contributed by atoms with Crippen LogP contribution in [0.15, 0.2) is 22.7 Å². The van der Waals surface area contributed by atoms with Gasteiger partial charge in [0.05, 0.1) is 24.6 Å². The SMILES string of the molecule is Brc1ccc(N[C@@H]2CCCNC2)c(N2CCOCC2)c1. The summed E-state index contributed by atoms with van der Waals surface area (Å²) in [5, 5.41) is 7.17. The number of ether oxygens (including phenoxy) is 1. The summed E-state index contributed by atoms with van der Waals surface area (Å²) in [5.41, 5.74) is 2.53. The topological polar surface area (TPSA) is 36.5 Å². The molecule has 1 atom stereocenters. The molecule has 2 heterocycles. The molecule has 2 fully saturated rings. The Morgan fingerprint density at radius 1 is 1.30 bits per heavy atom. The molecule has 0 spiro atoms. The number of morpholine rings is 1. The number of anilines is 2. The number of rotatable bonds is 3. The predicted octanol–water partition coefficient (Wildman–Crippen LogP) is 2.45. The van der Waals surface area contributed by atoms with Gasteiger partial charge in [-0.25, -0.2) is 0 Å². The molecule has 0 unspecified atom stereocenters. The largest absolute Gasteiger partial charge is 0.379 e. The smallest absolute Gasteiger partial charge is 0.0642 e. The number of hydrogen-bond donors (Lipinski definition) is 2. The summed E-state index contributed by atoms with van der Waals surface area (Å²) in [7, 11) is 0. The quantitative estimate of drug-likeness (QED) is 0.886. The molecular formula is C15H22BrN3O. The van der Waals surface area contributed by atoms with E-state index in [1.807, 2.05) is 0 Å². The molecule has 110 valence electrons. The molecule has 0 aromatic heterocycles. The van der Waals surface area contributed by atoms with Gasteiger partial charge in [-0.15, -0.1) is 0 Å². The highest BCUT2D eigenvalue weighted by molar-refractivity contribution is 9.10. The third-order valence-electron chi connectivity index (χ3n) is 3.97. The van der Waals surface area contributed by atoms with Crippen LogP contribution in [0.1, 0.15) is 12.8 Å². The Morgan fingerprint density at radius 2 is 2.15 bits per heavy atom. The Labute approximate surface area is 129 Å². The van der Waals surface area contributed by atoms with Crippen LogP contribution in [-0.4, -0.2) is 45.4 Å². The maximum absolute atomic E-state index is 5.46. The second-order valence-corrected chi connectivity index (χ2v) is 6.36. The molecule has 3 rings (SSSR count). The van der Waals surface area contributed by atoms with Gasteiger partial charge in [0.15, 0.2) is 0 Å². The van der Waals surface area contributed by atoms with Gasteiger partial charge in [0.2, 0.25) is 0 Å². The first kappa shape index (κ1) is 14.2. The standard InChI is InChI=1S/C15H22BrN3O/c16-12-3-4-14(18-13-2-1-5-17-11-13)15(10-12)19-6-8-20-9-7-19/h3-4,10,13,17-18H,1-2,5-9,11H2/t13-/m1/s1. The molecule has 5 heteroatoms. The lowest BCUT2D eigenvalue weighted by molar-refractivity contribution is 0.123. The Kier molecular flexibility index (Phi) is 4.81. The van der Waals surface area contributed by atoms with Gasteiger partial charge < -0.3 is 20.3 Å². The van der Waals surface area contributed by atoms with Crippen LogP contribution in [0, 0.1) is 0 Å². The highest BCUT2D eigenvalue weighted by atomic mass is 79.9. The van der Waals surface area contributed by atoms with Crippen molar-refractivity contribution in [2.24, 2.45) is 0 Å². The summed E-state index contributed by atoms with van der Waals surface area (Å²) in [6, 6.07) is 7.04. The van der Waals surface area contributed by atoms with Gasteiger partial charge in [0.25, 0.3) is 0 Å². The Balaban J connectivity index is 1.77. The number of halogens is 1. The maximum Gasteiger partial charge on any atom is 0.0642 e. The minimum Gasteiger partial charge on any atom is -0.379 e. The summed E-state index contributed by atoms with van der Waals surface area (Å²) in [6.07, 6.45) is 2.49. The molecule has 4 nitrogen and oxygen atoms in total. The first-order valence-electron chi connectivity index (χ1n) is 7.42. The van der Waals surface area contributed by atoms with Crippen molar-refractivity contribution in [3.8, 4) is 0 Å². The van der Waals surface area contributed by atoms with Crippen molar-refractivity contribution >= 4 is 27.3 Å². The van der Waals surface area contributed by atoms with Crippen LogP contribution in [0.3, 0.4) is 0 Å². The average Bonchev–Trinajstić information content (AvgIpc) is 2.51. The van der Waals surface area contributed by atoms with Crippen molar-refractivity contribution in [1.82, 2.24) is 5.32 Å². The minimum atomic E-state index is 0.532. The highest BCUT2D eigenvalue weighted by Crippen LogP contribution is 2.31. The summed E-state index contributed by atoms with van der Waals surface area (Å²) in [6.45, 7) is 5.77. The van der Waals surface area contributed by atoms with Crippen molar-refractivity contribution in [3.63, 3.8) is 0 Å². The number of hydrogen-bond acceptors (Lipinski definition) is 4. The fraction of sp³-hybridized carbons (Fsp3) is 0.600. The molecule has 2 N–H and O–H groups in total. The lowest BCUT2D eigenvalue weighted by atomic mass is 10.1. The van der Waals surface area contributed by atoms with Gasteiger partial charge in [-0.05, 0) is 37.6 Å². The Morgan fingerprint density at radius 3 is 2.90 bits per heavy atom. The van der Waals surface area contributed by atoms with E-state index in [-0.39, 0.29) is 0 Å². The minimum absolute atomic E-state index is 0.532. The van der Waals surface area contributed by atoms with Gasteiger partial charge in [-0.3, -0.25) is 0 Å². The van der Waals surface area contributed by atoms with Gasteiger partial charge >= 0.3 is 0 Å².